The van der Waals surface area contributed by atoms with Crippen LogP contribution in [-0.2, 0) is 4.74 Å². The molecule has 0 aliphatic heterocycles. The number of hydrogen-bond acceptors (Lipinski definition) is 6. The summed E-state index contributed by atoms with van der Waals surface area (Å²) in [5.74, 6) is -0.430. The minimum Gasteiger partial charge on any atom is -0.444 e. The molecule has 3 aromatic carbocycles. The SMILES string of the molecule is CNC(=O)c1cnc2ccc(-c3ccc(C(=O)NCCCNC(=O)OC(C)(C)C)cc3)cc2c1Nc1ccccc1. The first-order valence-electron chi connectivity index (χ1n) is 13.5. The zero-order valence-corrected chi connectivity index (χ0v) is 23.7. The van der Waals surface area contributed by atoms with Crippen molar-refractivity contribution in [2.75, 3.05) is 25.5 Å². The Balaban J connectivity index is 1.46. The van der Waals surface area contributed by atoms with E-state index in [-0.39, 0.29) is 11.8 Å². The van der Waals surface area contributed by atoms with Crippen molar-refractivity contribution in [1.29, 1.82) is 0 Å². The van der Waals surface area contributed by atoms with E-state index in [2.05, 4.69) is 26.3 Å². The molecule has 212 valence electrons. The standard InChI is InChI=1S/C32H35N5O4/c1-32(2,3)41-31(40)35-18-8-17-34-29(38)22-13-11-21(12-14-22)23-15-16-27-25(19-23)28(26(20-36-27)30(39)33-4)37-24-9-6-5-7-10-24/h5-7,9-16,19-20H,8,17-18H2,1-4H3,(H,33,39)(H,34,38)(H,35,40)(H,36,37). The smallest absolute Gasteiger partial charge is 0.407 e. The molecule has 4 N–H and O–H groups in total. The molecule has 4 aromatic rings. The Morgan fingerprint density at radius 3 is 2.20 bits per heavy atom. The topological polar surface area (TPSA) is 121 Å². The summed E-state index contributed by atoms with van der Waals surface area (Å²) in [7, 11) is 1.59. The molecule has 9 heteroatoms. The van der Waals surface area contributed by atoms with Gasteiger partial charge in [-0.1, -0.05) is 36.4 Å². The summed E-state index contributed by atoms with van der Waals surface area (Å²) in [6.07, 6.45) is 1.68. The Bertz CT molecular complexity index is 1530. The van der Waals surface area contributed by atoms with Crippen LogP contribution < -0.4 is 21.3 Å². The molecule has 0 aliphatic rings. The third-order valence-electron chi connectivity index (χ3n) is 6.17. The van der Waals surface area contributed by atoms with Crippen LogP contribution in [0.4, 0.5) is 16.2 Å². The van der Waals surface area contributed by atoms with Gasteiger partial charge in [-0.3, -0.25) is 14.6 Å². The lowest BCUT2D eigenvalue weighted by atomic mass is 9.99. The van der Waals surface area contributed by atoms with E-state index < -0.39 is 11.7 Å². The monoisotopic (exact) mass is 553 g/mol. The lowest BCUT2D eigenvalue weighted by Crippen LogP contribution is -2.34. The molecule has 0 aliphatic carbocycles. The van der Waals surface area contributed by atoms with Crippen LogP contribution in [0.25, 0.3) is 22.0 Å². The number of fused-ring (bicyclic) bond motifs is 1. The summed E-state index contributed by atoms with van der Waals surface area (Å²) in [4.78, 5) is 41.5. The number of hydrogen-bond donors (Lipinski definition) is 4. The summed E-state index contributed by atoms with van der Waals surface area (Å²) < 4.78 is 5.20. The maximum Gasteiger partial charge on any atom is 0.407 e. The van der Waals surface area contributed by atoms with Crippen molar-refractivity contribution >= 4 is 40.2 Å². The van der Waals surface area contributed by atoms with Crippen molar-refractivity contribution in [3.8, 4) is 11.1 Å². The van der Waals surface area contributed by atoms with Crippen molar-refractivity contribution < 1.29 is 19.1 Å². The van der Waals surface area contributed by atoms with E-state index in [4.69, 9.17) is 4.74 Å². The number of carbonyl (C=O) groups excluding carboxylic acids is 3. The molecule has 0 fully saturated rings. The summed E-state index contributed by atoms with van der Waals surface area (Å²) in [6, 6.07) is 22.9. The quantitative estimate of drug-likeness (QED) is 0.199. The number of para-hydroxylation sites is 1. The second-order valence-corrected chi connectivity index (χ2v) is 10.5. The van der Waals surface area contributed by atoms with Crippen LogP contribution in [0.1, 0.15) is 47.9 Å². The highest BCUT2D eigenvalue weighted by Crippen LogP contribution is 2.32. The second-order valence-electron chi connectivity index (χ2n) is 10.5. The Kier molecular flexibility index (Phi) is 9.19. The van der Waals surface area contributed by atoms with Gasteiger partial charge in [0, 0.05) is 43.0 Å². The number of amides is 3. The zero-order chi connectivity index (χ0) is 29.4. The predicted octanol–water partition coefficient (Wildman–Crippen LogP) is 5.65. The number of nitrogens with one attached hydrogen (secondary N) is 4. The molecule has 0 saturated carbocycles. The Morgan fingerprint density at radius 1 is 0.829 bits per heavy atom. The molecule has 0 spiro atoms. The van der Waals surface area contributed by atoms with Crippen LogP contribution in [0.2, 0.25) is 0 Å². The van der Waals surface area contributed by atoms with Gasteiger partial charge in [0.2, 0.25) is 0 Å². The van der Waals surface area contributed by atoms with Gasteiger partial charge in [-0.15, -0.1) is 0 Å². The minimum absolute atomic E-state index is 0.193. The third kappa shape index (κ3) is 7.82. The normalized spacial score (nSPS) is 11.0. The highest BCUT2D eigenvalue weighted by Gasteiger charge is 2.17. The fraction of sp³-hybridized carbons (Fsp3) is 0.250. The van der Waals surface area contributed by atoms with E-state index in [1.54, 1.807) is 46.1 Å². The molecule has 0 bridgehead atoms. The number of rotatable bonds is 9. The summed E-state index contributed by atoms with van der Waals surface area (Å²) in [5.41, 5.74) is 4.53. The molecule has 4 rings (SSSR count). The van der Waals surface area contributed by atoms with E-state index in [9.17, 15) is 14.4 Å². The first-order valence-corrected chi connectivity index (χ1v) is 13.5. The Hall–Kier alpha value is -4.92. The Labute approximate surface area is 239 Å². The molecule has 0 saturated heterocycles. The predicted molar refractivity (Wildman–Crippen MR) is 161 cm³/mol. The number of alkyl carbamates (subject to hydrolysis) is 1. The first-order chi connectivity index (χ1) is 19.6. The molecule has 0 unspecified atom stereocenters. The highest BCUT2D eigenvalue weighted by molar-refractivity contribution is 6.08. The van der Waals surface area contributed by atoms with Crippen molar-refractivity contribution in [2.45, 2.75) is 32.8 Å². The average molecular weight is 554 g/mol. The highest BCUT2D eigenvalue weighted by atomic mass is 16.6. The van der Waals surface area contributed by atoms with Crippen molar-refractivity contribution in [3.63, 3.8) is 0 Å². The lowest BCUT2D eigenvalue weighted by molar-refractivity contribution is 0.0527. The molecule has 0 atom stereocenters. The van der Waals surface area contributed by atoms with Gasteiger partial charge in [0.05, 0.1) is 16.8 Å². The van der Waals surface area contributed by atoms with Crippen molar-refractivity contribution in [1.82, 2.24) is 20.9 Å². The fourth-order valence-electron chi connectivity index (χ4n) is 4.19. The van der Waals surface area contributed by atoms with E-state index in [0.717, 1.165) is 27.7 Å². The average Bonchev–Trinajstić information content (AvgIpc) is 2.96. The van der Waals surface area contributed by atoms with Gasteiger partial charge < -0.3 is 26.0 Å². The van der Waals surface area contributed by atoms with Crippen molar-refractivity contribution in [3.05, 3.63) is 90.1 Å². The van der Waals surface area contributed by atoms with Gasteiger partial charge in [0.15, 0.2) is 0 Å². The number of aromatic nitrogens is 1. The van der Waals surface area contributed by atoms with Crippen LogP contribution in [-0.4, -0.2) is 48.6 Å². The van der Waals surface area contributed by atoms with Crippen LogP contribution in [0.3, 0.4) is 0 Å². The maximum absolute atomic E-state index is 12.7. The fourth-order valence-corrected chi connectivity index (χ4v) is 4.19. The number of benzene rings is 3. The van der Waals surface area contributed by atoms with Gasteiger partial charge >= 0.3 is 6.09 Å². The van der Waals surface area contributed by atoms with Crippen LogP contribution in [0, 0.1) is 0 Å². The second kappa shape index (κ2) is 13.0. The summed E-state index contributed by atoms with van der Waals surface area (Å²) >= 11 is 0. The largest absolute Gasteiger partial charge is 0.444 e. The van der Waals surface area contributed by atoms with Crippen LogP contribution in [0.15, 0.2) is 79.0 Å². The van der Waals surface area contributed by atoms with Gasteiger partial charge in [-0.25, -0.2) is 4.79 Å². The summed E-state index contributed by atoms with van der Waals surface area (Å²) in [5, 5.41) is 12.4. The minimum atomic E-state index is -0.552. The molecule has 9 nitrogen and oxygen atoms in total. The number of carbonyl (C=O) groups is 3. The van der Waals surface area contributed by atoms with E-state index in [1.807, 2.05) is 60.7 Å². The maximum atomic E-state index is 12.7. The third-order valence-corrected chi connectivity index (χ3v) is 6.17. The molecular weight excluding hydrogens is 518 g/mol. The van der Waals surface area contributed by atoms with Crippen LogP contribution in [0.5, 0.6) is 0 Å². The van der Waals surface area contributed by atoms with Gasteiger partial charge in [-0.2, -0.15) is 0 Å². The van der Waals surface area contributed by atoms with Gasteiger partial charge in [0.25, 0.3) is 11.8 Å². The number of pyridine rings is 1. The number of nitrogens with zero attached hydrogens (tertiary/aromatic N) is 1. The Morgan fingerprint density at radius 2 is 1.51 bits per heavy atom. The van der Waals surface area contributed by atoms with Gasteiger partial charge in [-0.05, 0) is 74.7 Å². The van der Waals surface area contributed by atoms with Gasteiger partial charge in [0.1, 0.15) is 5.60 Å². The van der Waals surface area contributed by atoms with Crippen LogP contribution >= 0.6 is 0 Å². The zero-order valence-electron chi connectivity index (χ0n) is 23.7. The first kappa shape index (κ1) is 29.1. The molecule has 1 heterocycles. The lowest BCUT2D eigenvalue weighted by Gasteiger charge is -2.19. The molecule has 0 radical (unpaired) electrons. The van der Waals surface area contributed by atoms with E-state index in [0.29, 0.717) is 36.3 Å². The molecule has 3 amide bonds. The van der Waals surface area contributed by atoms with E-state index >= 15 is 0 Å². The molecule has 41 heavy (non-hydrogen) atoms. The van der Waals surface area contributed by atoms with Crippen molar-refractivity contribution in [2.24, 2.45) is 0 Å². The molecular formula is C32H35N5O4. The molecule has 1 aromatic heterocycles. The number of ether oxygens (including phenoxy) is 1. The van der Waals surface area contributed by atoms with E-state index in [1.165, 1.54) is 0 Å². The number of anilines is 2. The summed E-state index contributed by atoms with van der Waals surface area (Å²) in [6.45, 7) is 6.23.